The summed E-state index contributed by atoms with van der Waals surface area (Å²) in [6.07, 6.45) is -3.54. The van der Waals surface area contributed by atoms with E-state index in [1.165, 1.54) is 24.4 Å². The summed E-state index contributed by atoms with van der Waals surface area (Å²) in [5, 5.41) is 9.32. The van der Waals surface area contributed by atoms with Crippen LogP contribution in [0.1, 0.15) is 10.4 Å². The van der Waals surface area contributed by atoms with Gasteiger partial charge in [-0.3, -0.25) is 14.6 Å². The number of carbonyl (C=O) groups is 2. The molecule has 2 atom stereocenters. The third-order valence-electron chi connectivity index (χ3n) is 4.23. The molecule has 1 amide bonds. The molecule has 5 nitrogen and oxygen atoms in total. The van der Waals surface area contributed by atoms with Gasteiger partial charge in [-0.1, -0.05) is 0 Å². The molecule has 1 saturated heterocycles. The van der Waals surface area contributed by atoms with Gasteiger partial charge in [0.05, 0.1) is 22.9 Å². The smallest absolute Gasteiger partial charge is 0.394 e. The van der Waals surface area contributed by atoms with Crippen LogP contribution in [0.3, 0.4) is 0 Å². The number of rotatable bonds is 2. The summed E-state index contributed by atoms with van der Waals surface area (Å²) < 4.78 is 52.3. The van der Waals surface area contributed by atoms with Gasteiger partial charge in [0.15, 0.2) is 0 Å². The van der Waals surface area contributed by atoms with Crippen molar-refractivity contribution in [2.24, 2.45) is 11.8 Å². The first kappa shape index (κ1) is 17.1. The molecular formula is C16H12F4N2O3. The van der Waals surface area contributed by atoms with Gasteiger partial charge in [0.2, 0.25) is 0 Å². The lowest BCUT2D eigenvalue weighted by Gasteiger charge is -2.18. The van der Waals surface area contributed by atoms with Crippen molar-refractivity contribution >= 4 is 22.8 Å². The molecule has 1 fully saturated rings. The van der Waals surface area contributed by atoms with Gasteiger partial charge in [-0.15, -0.1) is 0 Å². The van der Waals surface area contributed by atoms with Gasteiger partial charge >= 0.3 is 12.1 Å². The van der Waals surface area contributed by atoms with Crippen LogP contribution >= 0.6 is 0 Å². The van der Waals surface area contributed by atoms with Crippen LogP contribution in [0.2, 0.25) is 0 Å². The van der Waals surface area contributed by atoms with Gasteiger partial charge in [-0.2, -0.15) is 13.2 Å². The SMILES string of the molecule is O=C(O)[C@@H]1CN(C(=O)c2cnc3ccc(F)cc3c2)C[C@H]1C(F)(F)F. The van der Waals surface area contributed by atoms with Crippen molar-refractivity contribution in [3.63, 3.8) is 0 Å². The van der Waals surface area contributed by atoms with Crippen molar-refractivity contribution in [3.8, 4) is 0 Å². The highest BCUT2D eigenvalue weighted by Gasteiger charge is 2.53. The molecule has 132 valence electrons. The Morgan fingerprint density at radius 3 is 2.52 bits per heavy atom. The van der Waals surface area contributed by atoms with Crippen molar-refractivity contribution in [2.45, 2.75) is 6.18 Å². The monoisotopic (exact) mass is 356 g/mol. The topological polar surface area (TPSA) is 70.5 Å². The highest BCUT2D eigenvalue weighted by Crippen LogP contribution is 2.38. The summed E-state index contributed by atoms with van der Waals surface area (Å²) in [7, 11) is 0. The maximum Gasteiger partial charge on any atom is 0.394 e. The fraction of sp³-hybridized carbons (Fsp3) is 0.312. The van der Waals surface area contributed by atoms with Gasteiger partial charge in [0.25, 0.3) is 5.91 Å². The summed E-state index contributed by atoms with van der Waals surface area (Å²) in [4.78, 5) is 28.4. The number of nitrogens with zero attached hydrogens (tertiary/aromatic N) is 2. The van der Waals surface area contributed by atoms with E-state index >= 15 is 0 Å². The standard InChI is InChI=1S/C16H12F4N2O3/c17-10-1-2-13-8(4-10)3-9(5-21-13)14(23)22-6-11(15(24)25)12(7-22)16(18,19)20/h1-5,11-12H,6-7H2,(H,24,25)/t11-,12-/m1/s1. The number of aliphatic carboxylic acids is 1. The number of fused-ring (bicyclic) bond motifs is 1. The number of carboxylic acids is 1. The van der Waals surface area contributed by atoms with E-state index < -0.39 is 48.8 Å². The van der Waals surface area contributed by atoms with Crippen LogP contribution in [-0.2, 0) is 4.79 Å². The first-order valence-corrected chi connectivity index (χ1v) is 7.31. The van der Waals surface area contributed by atoms with E-state index in [2.05, 4.69) is 4.98 Å². The Morgan fingerprint density at radius 2 is 1.92 bits per heavy atom. The van der Waals surface area contributed by atoms with Gasteiger partial charge in [-0.25, -0.2) is 4.39 Å². The van der Waals surface area contributed by atoms with E-state index in [9.17, 15) is 27.2 Å². The third-order valence-corrected chi connectivity index (χ3v) is 4.23. The van der Waals surface area contributed by atoms with E-state index in [0.29, 0.717) is 10.9 Å². The Hall–Kier alpha value is -2.71. The van der Waals surface area contributed by atoms with Gasteiger partial charge in [-0.05, 0) is 24.3 Å². The number of hydrogen-bond acceptors (Lipinski definition) is 3. The number of hydrogen-bond donors (Lipinski definition) is 1. The normalized spacial score (nSPS) is 20.9. The van der Waals surface area contributed by atoms with Gasteiger partial charge in [0, 0.05) is 24.7 Å². The van der Waals surface area contributed by atoms with Crippen LogP contribution in [0, 0.1) is 17.7 Å². The predicted octanol–water partition coefficient (Wildman–Crippen LogP) is 2.71. The Morgan fingerprint density at radius 1 is 1.20 bits per heavy atom. The maximum atomic E-state index is 13.3. The van der Waals surface area contributed by atoms with E-state index in [1.807, 2.05) is 0 Å². The lowest BCUT2D eigenvalue weighted by Crippen LogP contribution is -2.34. The Balaban J connectivity index is 1.89. The fourth-order valence-electron chi connectivity index (χ4n) is 2.95. The van der Waals surface area contributed by atoms with Crippen LogP contribution in [0.25, 0.3) is 10.9 Å². The van der Waals surface area contributed by atoms with Crippen molar-refractivity contribution in [1.82, 2.24) is 9.88 Å². The molecule has 1 aromatic carbocycles. The number of carbonyl (C=O) groups excluding carboxylic acids is 1. The number of halogens is 4. The summed E-state index contributed by atoms with van der Waals surface area (Å²) in [5.74, 6) is -6.74. The molecule has 0 spiro atoms. The number of carboxylic acid groups (broad SMARTS) is 1. The number of alkyl halides is 3. The summed E-state index contributed by atoms with van der Waals surface area (Å²) in [6.45, 7) is -1.28. The van der Waals surface area contributed by atoms with Crippen molar-refractivity contribution in [3.05, 3.63) is 41.8 Å². The molecule has 0 aliphatic carbocycles. The van der Waals surface area contributed by atoms with Crippen LogP contribution in [0.5, 0.6) is 0 Å². The number of amides is 1. The molecule has 0 saturated carbocycles. The number of aromatic nitrogens is 1. The molecule has 9 heteroatoms. The van der Waals surface area contributed by atoms with Gasteiger partial charge < -0.3 is 10.0 Å². The lowest BCUT2D eigenvalue weighted by molar-refractivity contribution is -0.187. The summed E-state index contributed by atoms with van der Waals surface area (Å²) >= 11 is 0. The minimum absolute atomic E-state index is 0.0231. The third kappa shape index (κ3) is 3.26. The maximum absolute atomic E-state index is 13.3. The molecule has 0 bridgehead atoms. The van der Waals surface area contributed by atoms with Gasteiger partial charge in [0.1, 0.15) is 5.82 Å². The molecule has 1 N–H and O–H groups in total. The fourth-order valence-corrected chi connectivity index (χ4v) is 2.95. The molecular weight excluding hydrogens is 344 g/mol. The zero-order valence-corrected chi connectivity index (χ0v) is 12.6. The molecule has 2 aromatic rings. The molecule has 0 unspecified atom stereocenters. The van der Waals surface area contributed by atoms with E-state index in [-0.39, 0.29) is 5.56 Å². The average Bonchev–Trinajstić information content (AvgIpc) is 2.99. The second-order valence-corrected chi connectivity index (χ2v) is 5.86. The highest BCUT2D eigenvalue weighted by atomic mass is 19.4. The Labute approximate surface area is 138 Å². The van der Waals surface area contributed by atoms with Crippen molar-refractivity contribution in [2.75, 3.05) is 13.1 Å². The van der Waals surface area contributed by atoms with Crippen LogP contribution < -0.4 is 0 Å². The van der Waals surface area contributed by atoms with Crippen molar-refractivity contribution in [1.29, 1.82) is 0 Å². The molecule has 1 aromatic heterocycles. The first-order valence-electron chi connectivity index (χ1n) is 7.31. The average molecular weight is 356 g/mol. The van der Waals surface area contributed by atoms with E-state index in [1.54, 1.807) is 0 Å². The van der Waals surface area contributed by atoms with Crippen LogP contribution in [0.4, 0.5) is 17.6 Å². The van der Waals surface area contributed by atoms with Crippen molar-refractivity contribution < 1.29 is 32.3 Å². The predicted molar refractivity (Wildman–Crippen MR) is 78.3 cm³/mol. The molecule has 25 heavy (non-hydrogen) atoms. The molecule has 2 heterocycles. The Kier molecular flexibility index (Phi) is 4.09. The van der Waals surface area contributed by atoms with Crippen LogP contribution in [0.15, 0.2) is 30.5 Å². The minimum Gasteiger partial charge on any atom is -0.481 e. The summed E-state index contributed by atoms with van der Waals surface area (Å²) in [6, 6.07) is 5.09. The summed E-state index contributed by atoms with van der Waals surface area (Å²) in [5.41, 5.74) is 0.404. The number of benzene rings is 1. The quantitative estimate of drug-likeness (QED) is 0.840. The molecule has 3 rings (SSSR count). The Bertz CT molecular complexity index is 853. The second kappa shape index (κ2) is 5.98. The van der Waals surface area contributed by atoms with E-state index in [0.717, 1.165) is 11.0 Å². The van der Waals surface area contributed by atoms with E-state index in [4.69, 9.17) is 5.11 Å². The zero-order valence-electron chi connectivity index (χ0n) is 12.6. The molecule has 1 aliphatic heterocycles. The molecule has 0 radical (unpaired) electrons. The number of likely N-dealkylation sites (tertiary alicyclic amines) is 1. The minimum atomic E-state index is -4.72. The second-order valence-electron chi connectivity index (χ2n) is 5.86. The largest absolute Gasteiger partial charge is 0.481 e. The first-order chi connectivity index (χ1) is 11.7. The highest BCUT2D eigenvalue weighted by molar-refractivity contribution is 5.97. The zero-order chi connectivity index (χ0) is 18.4. The number of pyridine rings is 1. The lowest BCUT2D eigenvalue weighted by atomic mass is 9.96. The molecule has 1 aliphatic rings. The van der Waals surface area contributed by atoms with Crippen LogP contribution in [-0.4, -0.2) is 46.1 Å².